The summed E-state index contributed by atoms with van der Waals surface area (Å²) in [4.78, 5) is 26.9. The van der Waals surface area contributed by atoms with E-state index in [1.165, 1.54) is 7.11 Å². The number of hydrogen-bond donors (Lipinski definition) is 0. The lowest BCUT2D eigenvalue weighted by molar-refractivity contribution is -0.119. The number of para-hydroxylation sites is 1. The highest BCUT2D eigenvalue weighted by atomic mass is 16.5. The van der Waals surface area contributed by atoms with E-state index in [9.17, 15) is 9.59 Å². The van der Waals surface area contributed by atoms with Gasteiger partial charge in [0.2, 0.25) is 5.91 Å². The van der Waals surface area contributed by atoms with E-state index in [2.05, 4.69) is 0 Å². The fourth-order valence-electron chi connectivity index (χ4n) is 3.17. The van der Waals surface area contributed by atoms with Gasteiger partial charge in [-0.3, -0.25) is 4.79 Å². The number of ether oxygens (including phenoxy) is 1. The minimum atomic E-state index is -0.451. The minimum Gasteiger partial charge on any atom is -0.464 e. The van der Waals surface area contributed by atoms with Crippen LogP contribution in [0.25, 0.3) is 10.9 Å². The molecule has 0 spiro atoms. The molecule has 5 nitrogen and oxygen atoms in total. The number of aromatic nitrogens is 1. The Morgan fingerprint density at radius 1 is 1.08 bits per heavy atom. The molecule has 0 radical (unpaired) electrons. The number of amides is 1. The SMILES string of the molecule is CCN(C(=O)Cn1c(C(=O)OC)cc2ccccc21)c1cccc(C)c1. The van der Waals surface area contributed by atoms with Gasteiger partial charge >= 0.3 is 5.97 Å². The number of methoxy groups -OCH3 is 1. The molecule has 2 aromatic carbocycles. The number of carbonyl (C=O) groups excluding carboxylic acids is 2. The summed E-state index contributed by atoms with van der Waals surface area (Å²) in [6, 6.07) is 17.2. The van der Waals surface area contributed by atoms with Crippen molar-refractivity contribution in [2.24, 2.45) is 0 Å². The van der Waals surface area contributed by atoms with Crippen LogP contribution < -0.4 is 4.90 Å². The van der Waals surface area contributed by atoms with Crippen molar-refractivity contribution in [2.45, 2.75) is 20.4 Å². The first-order valence-electron chi connectivity index (χ1n) is 8.58. The van der Waals surface area contributed by atoms with Gasteiger partial charge in [0, 0.05) is 23.1 Å². The molecule has 0 saturated carbocycles. The molecule has 0 fully saturated rings. The van der Waals surface area contributed by atoms with Gasteiger partial charge in [0.1, 0.15) is 12.2 Å². The molecule has 0 bridgehead atoms. The van der Waals surface area contributed by atoms with Gasteiger partial charge in [0.25, 0.3) is 0 Å². The molecule has 0 aliphatic heterocycles. The van der Waals surface area contributed by atoms with Gasteiger partial charge in [-0.05, 0) is 43.7 Å². The zero-order valence-corrected chi connectivity index (χ0v) is 15.2. The largest absolute Gasteiger partial charge is 0.464 e. The highest BCUT2D eigenvalue weighted by Crippen LogP contribution is 2.22. The van der Waals surface area contributed by atoms with Crippen molar-refractivity contribution in [3.63, 3.8) is 0 Å². The van der Waals surface area contributed by atoms with Crippen molar-refractivity contribution in [2.75, 3.05) is 18.6 Å². The Hall–Kier alpha value is -3.08. The van der Waals surface area contributed by atoms with E-state index in [1.807, 2.05) is 62.4 Å². The van der Waals surface area contributed by atoms with E-state index in [0.717, 1.165) is 22.2 Å². The van der Waals surface area contributed by atoms with E-state index in [-0.39, 0.29) is 12.5 Å². The Labute approximate surface area is 152 Å². The second-order valence-electron chi connectivity index (χ2n) is 6.14. The number of carbonyl (C=O) groups is 2. The summed E-state index contributed by atoms with van der Waals surface area (Å²) in [6.07, 6.45) is 0. The third kappa shape index (κ3) is 3.33. The van der Waals surface area contributed by atoms with Crippen LogP contribution in [0.1, 0.15) is 23.0 Å². The zero-order valence-electron chi connectivity index (χ0n) is 15.2. The molecule has 3 rings (SSSR count). The molecule has 0 aliphatic rings. The molecule has 26 heavy (non-hydrogen) atoms. The lowest BCUT2D eigenvalue weighted by Gasteiger charge is -2.22. The third-order valence-corrected chi connectivity index (χ3v) is 4.43. The number of esters is 1. The summed E-state index contributed by atoms with van der Waals surface area (Å²) in [7, 11) is 1.34. The number of nitrogens with zero attached hydrogens (tertiary/aromatic N) is 2. The van der Waals surface area contributed by atoms with E-state index in [1.54, 1.807) is 15.5 Å². The van der Waals surface area contributed by atoms with E-state index in [4.69, 9.17) is 4.74 Å². The molecule has 1 heterocycles. The van der Waals surface area contributed by atoms with Gasteiger partial charge < -0.3 is 14.2 Å². The maximum absolute atomic E-state index is 13.0. The second kappa shape index (κ2) is 7.44. The number of aryl methyl sites for hydroxylation is 1. The molecule has 0 N–H and O–H groups in total. The Balaban J connectivity index is 1.99. The Morgan fingerprint density at radius 3 is 2.54 bits per heavy atom. The lowest BCUT2D eigenvalue weighted by Crippen LogP contribution is -2.34. The molecule has 3 aromatic rings. The predicted octanol–water partition coefficient (Wildman–Crippen LogP) is 3.79. The highest BCUT2D eigenvalue weighted by molar-refractivity contribution is 5.99. The monoisotopic (exact) mass is 350 g/mol. The van der Waals surface area contributed by atoms with Crippen LogP contribution in [0.2, 0.25) is 0 Å². The number of anilines is 1. The lowest BCUT2D eigenvalue weighted by atomic mass is 10.2. The smallest absolute Gasteiger partial charge is 0.354 e. The van der Waals surface area contributed by atoms with Crippen molar-refractivity contribution >= 4 is 28.5 Å². The average Bonchev–Trinajstić information content (AvgIpc) is 3.00. The normalized spacial score (nSPS) is 10.7. The summed E-state index contributed by atoms with van der Waals surface area (Å²) in [5.41, 5.74) is 3.16. The number of benzene rings is 2. The number of fused-ring (bicyclic) bond motifs is 1. The van der Waals surface area contributed by atoms with E-state index < -0.39 is 5.97 Å². The van der Waals surface area contributed by atoms with Gasteiger partial charge in [-0.15, -0.1) is 0 Å². The maximum Gasteiger partial charge on any atom is 0.354 e. The fraction of sp³-hybridized carbons (Fsp3) is 0.238. The van der Waals surface area contributed by atoms with Gasteiger partial charge in [-0.25, -0.2) is 4.79 Å². The quantitative estimate of drug-likeness (QED) is 0.658. The van der Waals surface area contributed by atoms with Crippen LogP contribution in [0, 0.1) is 6.92 Å². The molecule has 0 aliphatic carbocycles. The van der Waals surface area contributed by atoms with Gasteiger partial charge in [-0.2, -0.15) is 0 Å². The van der Waals surface area contributed by atoms with Gasteiger partial charge in [0.15, 0.2) is 0 Å². The maximum atomic E-state index is 13.0. The molecular weight excluding hydrogens is 328 g/mol. The van der Waals surface area contributed by atoms with E-state index >= 15 is 0 Å². The molecule has 1 amide bonds. The molecule has 5 heteroatoms. The first kappa shape index (κ1) is 17.7. The van der Waals surface area contributed by atoms with Crippen molar-refractivity contribution < 1.29 is 14.3 Å². The van der Waals surface area contributed by atoms with E-state index in [0.29, 0.717) is 12.2 Å². The molecule has 0 saturated heterocycles. The molecular formula is C21H22N2O3. The van der Waals surface area contributed by atoms with Crippen LogP contribution in [0.3, 0.4) is 0 Å². The Bertz CT molecular complexity index is 959. The predicted molar refractivity (Wildman–Crippen MR) is 102 cm³/mol. The van der Waals surface area contributed by atoms with Crippen LogP contribution in [-0.2, 0) is 16.1 Å². The zero-order chi connectivity index (χ0) is 18.7. The average molecular weight is 350 g/mol. The number of likely N-dealkylation sites (N-methyl/N-ethyl adjacent to an activating group) is 1. The minimum absolute atomic E-state index is 0.0692. The van der Waals surface area contributed by atoms with Gasteiger partial charge in [0.05, 0.1) is 7.11 Å². The summed E-state index contributed by atoms with van der Waals surface area (Å²) in [5.74, 6) is -0.530. The van der Waals surface area contributed by atoms with Crippen LogP contribution in [0.5, 0.6) is 0 Å². The summed E-state index contributed by atoms with van der Waals surface area (Å²) in [6.45, 7) is 4.56. The summed E-state index contributed by atoms with van der Waals surface area (Å²) >= 11 is 0. The van der Waals surface area contributed by atoms with Gasteiger partial charge in [-0.1, -0.05) is 30.3 Å². The topological polar surface area (TPSA) is 51.5 Å². The first-order chi connectivity index (χ1) is 12.5. The number of rotatable bonds is 5. The first-order valence-corrected chi connectivity index (χ1v) is 8.58. The van der Waals surface area contributed by atoms with Crippen molar-refractivity contribution in [3.05, 3.63) is 65.9 Å². The van der Waals surface area contributed by atoms with Crippen LogP contribution >= 0.6 is 0 Å². The standard InChI is InChI=1S/C21H22N2O3/c1-4-22(17-10-7-8-15(2)12-17)20(24)14-23-18-11-6-5-9-16(18)13-19(23)21(25)26-3/h5-13H,4,14H2,1-3H3. The van der Waals surface area contributed by atoms with Crippen molar-refractivity contribution in [1.29, 1.82) is 0 Å². The summed E-state index contributed by atoms with van der Waals surface area (Å²) in [5, 5.41) is 0.902. The Kier molecular flexibility index (Phi) is 5.07. The van der Waals surface area contributed by atoms with Crippen LogP contribution in [0.15, 0.2) is 54.6 Å². The van der Waals surface area contributed by atoms with Crippen LogP contribution in [0.4, 0.5) is 5.69 Å². The molecule has 0 unspecified atom stereocenters. The summed E-state index contributed by atoms with van der Waals surface area (Å²) < 4.78 is 6.61. The molecule has 1 aromatic heterocycles. The Morgan fingerprint density at radius 2 is 1.85 bits per heavy atom. The fourth-order valence-corrected chi connectivity index (χ4v) is 3.17. The van der Waals surface area contributed by atoms with Crippen LogP contribution in [-0.4, -0.2) is 30.1 Å². The third-order valence-electron chi connectivity index (χ3n) is 4.43. The van der Waals surface area contributed by atoms with Crippen molar-refractivity contribution in [1.82, 2.24) is 4.57 Å². The highest BCUT2D eigenvalue weighted by Gasteiger charge is 2.21. The second-order valence-corrected chi connectivity index (χ2v) is 6.14. The van der Waals surface area contributed by atoms with Crippen molar-refractivity contribution in [3.8, 4) is 0 Å². The number of hydrogen-bond acceptors (Lipinski definition) is 3. The molecule has 0 atom stereocenters. The molecule has 134 valence electrons.